The number of ether oxygens (including phenoxy) is 2. The van der Waals surface area contributed by atoms with Gasteiger partial charge in [0, 0.05) is 40.4 Å². The van der Waals surface area contributed by atoms with Gasteiger partial charge in [-0.2, -0.15) is 0 Å². The second-order valence-corrected chi connectivity index (χ2v) is 4.69. The molecule has 1 fully saturated rings. The molecule has 18 heavy (non-hydrogen) atoms. The van der Waals surface area contributed by atoms with Crippen LogP contribution in [0.1, 0.15) is 26.2 Å². The van der Waals surface area contributed by atoms with Crippen molar-refractivity contribution in [2.45, 2.75) is 32.3 Å². The molecule has 1 N–H and O–H groups in total. The Bertz CT molecular complexity index is 238. The van der Waals surface area contributed by atoms with E-state index in [0.29, 0.717) is 6.10 Å². The molecule has 0 aromatic carbocycles. The van der Waals surface area contributed by atoms with Crippen LogP contribution in [0.5, 0.6) is 0 Å². The molecule has 1 saturated heterocycles. The summed E-state index contributed by atoms with van der Waals surface area (Å²) >= 11 is 0. The molecular formula is C13H27N3O2. The first-order valence-electron chi connectivity index (χ1n) is 6.89. The maximum absolute atomic E-state index is 5.59. The highest BCUT2D eigenvalue weighted by molar-refractivity contribution is 5.79. The highest BCUT2D eigenvalue weighted by Crippen LogP contribution is 2.11. The predicted molar refractivity (Wildman–Crippen MR) is 74.1 cm³/mol. The van der Waals surface area contributed by atoms with Gasteiger partial charge in [-0.3, -0.25) is 4.99 Å². The first-order chi connectivity index (χ1) is 8.74. The lowest BCUT2D eigenvalue weighted by Gasteiger charge is -2.16. The van der Waals surface area contributed by atoms with E-state index in [-0.39, 0.29) is 0 Å². The molecule has 0 radical (unpaired) electrons. The third kappa shape index (κ3) is 6.21. The molecular weight excluding hydrogens is 230 g/mol. The topological polar surface area (TPSA) is 46.1 Å². The summed E-state index contributed by atoms with van der Waals surface area (Å²) in [6, 6.07) is 0. The van der Waals surface area contributed by atoms with Crippen LogP contribution in [0.3, 0.4) is 0 Å². The summed E-state index contributed by atoms with van der Waals surface area (Å²) < 4.78 is 11.1. The maximum atomic E-state index is 5.59. The van der Waals surface area contributed by atoms with E-state index in [1.807, 2.05) is 19.0 Å². The third-order valence-corrected chi connectivity index (χ3v) is 2.79. The van der Waals surface area contributed by atoms with Crippen LogP contribution >= 0.6 is 0 Å². The van der Waals surface area contributed by atoms with E-state index < -0.39 is 0 Å². The van der Waals surface area contributed by atoms with Gasteiger partial charge in [-0.05, 0) is 26.2 Å². The van der Waals surface area contributed by atoms with Crippen LogP contribution in [-0.4, -0.2) is 64.0 Å². The van der Waals surface area contributed by atoms with Crippen molar-refractivity contribution >= 4 is 5.96 Å². The zero-order valence-corrected chi connectivity index (χ0v) is 11.9. The smallest absolute Gasteiger partial charge is 0.193 e. The minimum atomic E-state index is 0.326. The van der Waals surface area contributed by atoms with Gasteiger partial charge in [-0.25, -0.2) is 0 Å². The van der Waals surface area contributed by atoms with Crippen LogP contribution < -0.4 is 5.32 Å². The number of aliphatic imine (C=N–C) groups is 1. The molecule has 5 nitrogen and oxygen atoms in total. The minimum Gasteiger partial charge on any atom is -0.379 e. The van der Waals surface area contributed by atoms with Crippen LogP contribution in [0.4, 0.5) is 0 Å². The highest BCUT2D eigenvalue weighted by atomic mass is 16.5. The average Bonchev–Trinajstić information content (AvgIpc) is 2.84. The fraction of sp³-hybridized carbons (Fsp3) is 0.923. The second kappa shape index (κ2) is 9.16. The van der Waals surface area contributed by atoms with Gasteiger partial charge < -0.3 is 19.7 Å². The monoisotopic (exact) mass is 257 g/mol. The van der Waals surface area contributed by atoms with Crippen molar-refractivity contribution in [2.24, 2.45) is 4.99 Å². The predicted octanol–water partition coefficient (Wildman–Crippen LogP) is 1.10. The van der Waals surface area contributed by atoms with Crippen molar-refractivity contribution in [3.05, 3.63) is 0 Å². The van der Waals surface area contributed by atoms with Crippen molar-refractivity contribution in [3.63, 3.8) is 0 Å². The summed E-state index contributed by atoms with van der Waals surface area (Å²) in [6.45, 7) is 6.16. The van der Waals surface area contributed by atoms with Crippen LogP contribution in [0.25, 0.3) is 0 Å². The molecule has 0 saturated carbocycles. The molecule has 5 heteroatoms. The number of guanidine groups is 1. The number of hydrogen-bond donors (Lipinski definition) is 1. The molecule has 1 aliphatic rings. The van der Waals surface area contributed by atoms with Gasteiger partial charge >= 0.3 is 0 Å². The lowest BCUT2D eigenvalue weighted by atomic mass is 10.2. The van der Waals surface area contributed by atoms with Crippen molar-refractivity contribution in [1.29, 1.82) is 0 Å². The molecule has 1 aliphatic heterocycles. The number of rotatable bonds is 7. The fourth-order valence-corrected chi connectivity index (χ4v) is 1.86. The van der Waals surface area contributed by atoms with Gasteiger partial charge in [0.05, 0.1) is 12.7 Å². The molecule has 0 bridgehead atoms. The van der Waals surface area contributed by atoms with Crippen LogP contribution in [0, 0.1) is 0 Å². The first-order valence-corrected chi connectivity index (χ1v) is 6.89. The summed E-state index contributed by atoms with van der Waals surface area (Å²) in [7, 11) is 3.99. The van der Waals surface area contributed by atoms with Crippen molar-refractivity contribution in [3.8, 4) is 0 Å². The third-order valence-electron chi connectivity index (χ3n) is 2.79. The van der Waals surface area contributed by atoms with E-state index >= 15 is 0 Å². The van der Waals surface area contributed by atoms with E-state index in [4.69, 9.17) is 9.47 Å². The van der Waals surface area contributed by atoms with Gasteiger partial charge in [0.1, 0.15) is 0 Å². The molecule has 1 heterocycles. The Morgan fingerprint density at radius 3 is 2.94 bits per heavy atom. The number of nitrogens with zero attached hydrogens (tertiary/aromatic N) is 2. The first kappa shape index (κ1) is 15.2. The van der Waals surface area contributed by atoms with Gasteiger partial charge in [0.2, 0.25) is 0 Å². The van der Waals surface area contributed by atoms with Crippen LogP contribution in [-0.2, 0) is 9.47 Å². The molecule has 0 aliphatic carbocycles. The molecule has 1 atom stereocenters. The van der Waals surface area contributed by atoms with Gasteiger partial charge in [0.25, 0.3) is 0 Å². The minimum absolute atomic E-state index is 0.326. The fourth-order valence-electron chi connectivity index (χ4n) is 1.86. The van der Waals surface area contributed by atoms with Gasteiger partial charge in [0.15, 0.2) is 5.96 Å². The summed E-state index contributed by atoms with van der Waals surface area (Å²) in [5, 5.41) is 3.23. The molecule has 0 aromatic heterocycles. The lowest BCUT2D eigenvalue weighted by molar-refractivity contribution is 0.0170. The molecule has 0 spiro atoms. The summed E-state index contributed by atoms with van der Waals surface area (Å²) in [4.78, 5) is 6.50. The Morgan fingerprint density at radius 1 is 1.50 bits per heavy atom. The maximum Gasteiger partial charge on any atom is 0.193 e. The molecule has 106 valence electrons. The van der Waals surface area contributed by atoms with E-state index in [1.54, 1.807) is 0 Å². The van der Waals surface area contributed by atoms with E-state index in [1.165, 1.54) is 6.42 Å². The lowest BCUT2D eigenvalue weighted by Crippen LogP contribution is -2.36. The van der Waals surface area contributed by atoms with Crippen molar-refractivity contribution in [1.82, 2.24) is 10.2 Å². The molecule has 1 rings (SSSR count). The van der Waals surface area contributed by atoms with Crippen molar-refractivity contribution in [2.75, 3.05) is 47.0 Å². The normalized spacial score (nSPS) is 20.2. The molecule has 1 unspecified atom stereocenters. The Hall–Kier alpha value is -0.810. The zero-order valence-electron chi connectivity index (χ0n) is 11.9. The van der Waals surface area contributed by atoms with E-state index in [9.17, 15) is 0 Å². The van der Waals surface area contributed by atoms with Gasteiger partial charge in [-0.15, -0.1) is 0 Å². The quantitative estimate of drug-likeness (QED) is 0.421. The van der Waals surface area contributed by atoms with Crippen LogP contribution in [0.2, 0.25) is 0 Å². The summed E-state index contributed by atoms with van der Waals surface area (Å²) in [6.07, 6.45) is 3.60. The second-order valence-electron chi connectivity index (χ2n) is 4.69. The number of hydrogen-bond acceptors (Lipinski definition) is 3. The Morgan fingerprint density at radius 2 is 2.33 bits per heavy atom. The Kier molecular flexibility index (Phi) is 7.76. The highest BCUT2D eigenvalue weighted by Gasteiger charge is 2.14. The van der Waals surface area contributed by atoms with E-state index in [0.717, 1.165) is 51.7 Å². The van der Waals surface area contributed by atoms with Gasteiger partial charge in [-0.1, -0.05) is 0 Å². The Balaban J connectivity index is 2.03. The Labute approximate surface area is 111 Å². The van der Waals surface area contributed by atoms with Crippen molar-refractivity contribution < 1.29 is 9.47 Å². The molecule has 0 amide bonds. The van der Waals surface area contributed by atoms with E-state index in [2.05, 4.69) is 17.2 Å². The largest absolute Gasteiger partial charge is 0.379 e. The SMILES string of the molecule is CCNC(=NCCCOCC1CCCO1)N(C)C. The standard InChI is InChI=1S/C13H27N3O2/c1-4-14-13(16(2)3)15-8-6-9-17-11-12-7-5-10-18-12/h12H,4-11H2,1-3H3,(H,14,15). The summed E-state index contributed by atoms with van der Waals surface area (Å²) in [5.74, 6) is 0.941. The summed E-state index contributed by atoms with van der Waals surface area (Å²) in [5.41, 5.74) is 0. The average molecular weight is 257 g/mol. The molecule has 0 aromatic rings. The zero-order chi connectivity index (χ0) is 13.2. The number of nitrogens with one attached hydrogen (secondary N) is 1. The van der Waals surface area contributed by atoms with Crippen LogP contribution in [0.15, 0.2) is 4.99 Å².